The monoisotopic (exact) mass is 207 g/mol. The summed E-state index contributed by atoms with van der Waals surface area (Å²) in [4.78, 5) is 11.3. The van der Waals surface area contributed by atoms with Crippen LogP contribution in [-0.2, 0) is 16.1 Å². The molecule has 0 atom stereocenters. The normalized spacial score (nSPS) is 10.1. The van der Waals surface area contributed by atoms with Gasteiger partial charge < -0.3 is 10.1 Å². The summed E-state index contributed by atoms with van der Waals surface area (Å²) >= 11 is 0. The number of para-hydroxylation sites is 1. The third-order valence-electron chi connectivity index (χ3n) is 2.13. The van der Waals surface area contributed by atoms with Crippen molar-refractivity contribution in [2.45, 2.75) is 20.5 Å². The van der Waals surface area contributed by atoms with Crippen molar-refractivity contribution >= 4 is 11.7 Å². The third-order valence-corrected chi connectivity index (χ3v) is 2.13. The van der Waals surface area contributed by atoms with Gasteiger partial charge in [0.05, 0.1) is 5.92 Å². The first-order valence-corrected chi connectivity index (χ1v) is 5.07. The molecule has 0 aliphatic heterocycles. The number of hydrogen-bond donors (Lipinski definition) is 1. The van der Waals surface area contributed by atoms with Crippen LogP contribution < -0.4 is 5.32 Å². The number of esters is 1. The SMILES string of the molecule is CNc1ccccc1COC(=O)C(C)C. The van der Waals surface area contributed by atoms with Crippen LogP contribution in [0, 0.1) is 5.92 Å². The molecule has 0 aliphatic carbocycles. The van der Waals surface area contributed by atoms with Crippen molar-refractivity contribution in [2.75, 3.05) is 12.4 Å². The number of carbonyl (C=O) groups excluding carboxylic acids is 1. The van der Waals surface area contributed by atoms with E-state index in [4.69, 9.17) is 4.74 Å². The fourth-order valence-electron chi connectivity index (χ4n) is 1.21. The van der Waals surface area contributed by atoms with Gasteiger partial charge in [0.2, 0.25) is 0 Å². The zero-order valence-electron chi connectivity index (χ0n) is 9.41. The van der Waals surface area contributed by atoms with E-state index in [9.17, 15) is 4.79 Å². The maximum Gasteiger partial charge on any atom is 0.308 e. The molecular formula is C12H17NO2. The number of nitrogens with one attached hydrogen (secondary N) is 1. The predicted molar refractivity (Wildman–Crippen MR) is 60.6 cm³/mol. The van der Waals surface area contributed by atoms with Crippen LogP contribution >= 0.6 is 0 Å². The van der Waals surface area contributed by atoms with Crippen molar-refractivity contribution in [3.8, 4) is 0 Å². The van der Waals surface area contributed by atoms with Gasteiger partial charge in [-0.25, -0.2) is 0 Å². The minimum absolute atomic E-state index is 0.0771. The van der Waals surface area contributed by atoms with E-state index in [1.807, 2.05) is 45.2 Å². The number of carbonyl (C=O) groups is 1. The standard InChI is InChI=1S/C12H17NO2/c1-9(2)12(14)15-8-10-6-4-5-7-11(10)13-3/h4-7,9,13H,8H2,1-3H3. The lowest BCUT2D eigenvalue weighted by atomic mass is 10.2. The molecule has 15 heavy (non-hydrogen) atoms. The molecule has 3 nitrogen and oxygen atoms in total. The van der Waals surface area contributed by atoms with Gasteiger partial charge in [0.1, 0.15) is 6.61 Å². The first-order chi connectivity index (χ1) is 7.15. The van der Waals surface area contributed by atoms with Crippen molar-refractivity contribution in [1.82, 2.24) is 0 Å². The highest BCUT2D eigenvalue weighted by Crippen LogP contribution is 2.15. The average molecular weight is 207 g/mol. The Morgan fingerprint density at radius 1 is 1.40 bits per heavy atom. The zero-order valence-corrected chi connectivity index (χ0v) is 9.41. The molecule has 0 fully saturated rings. The van der Waals surface area contributed by atoms with Crippen LogP contribution in [0.1, 0.15) is 19.4 Å². The molecule has 0 aliphatic rings. The molecule has 0 radical (unpaired) electrons. The van der Waals surface area contributed by atoms with Gasteiger partial charge in [-0.1, -0.05) is 32.0 Å². The summed E-state index contributed by atoms with van der Waals surface area (Å²) < 4.78 is 5.15. The Bertz CT molecular complexity index is 334. The van der Waals surface area contributed by atoms with Crippen LogP contribution in [0.15, 0.2) is 24.3 Å². The highest BCUT2D eigenvalue weighted by Gasteiger charge is 2.09. The number of rotatable bonds is 4. The van der Waals surface area contributed by atoms with Gasteiger partial charge in [-0.15, -0.1) is 0 Å². The van der Waals surface area contributed by atoms with Crippen molar-refractivity contribution < 1.29 is 9.53 Å². The summed E-state index contributed by atoms with van der Waals surface area (Å²) in [6, 6.07) is 7.77. The van der Waals surface area contributed by atoms with E-state index >= 15 is 0 Å². The molecule has 82 valence electrons. The van der Waals surface area contributed by atoms with Gasteiger partial charge in [0, 0.05) is 18.3 Å². The Labute approximate surface area is 90.4 Å². The van der Waals surface area contributed by atoms with Crippen LogP contribution in [0.5, 0.6) is 0 Å². The van der Waals surface area contributed by atoms with Gasteiger partial charge in [-0.05, 0) is 6.07 Å². The van der Waals surface area contributed by atoms with Crippen molar-refractivity contribution in [2.24, 2.45) is 5.92 Å². The molecule has 1 aromatic carbocycles. The summed E-state index contributed by atoms with van der Waals surface area (Å²) in [6.07, 6.45) is 0. The molecule has 3 heteroatoms. The maximum atomic E-state index is 11.3. The van der Waals surface area contributed by atoms with Crippen LogP contribution in [0.3, 0.4) is 0 Å². The van der Waals surface area contributed by atoms with E-state index in [0.717, 1.165) is 11.3 Å². The number of hydrogen-bond acceptors (Lipinski definition) is 3. The molecule has 0 heterocycles. The summed E-state index contributed by atoms with van der Waals surface area (Å²) in [5.41, 5.74) is 1.99. The van der Waals surface area contributed by atoms with Gasteiger partial charge in [0.25, 0.3) is 0 Å². The Balaban J connectivity index is 2.61. The highest BCUT2D eigenvalue weighted by molar-refractivity contribution is 5.71. The highest BCUT2D eigenvalue weighted by atomic mass is 16.5. The largest absolute Gasteiger partial charge is 0.461 e. The van der Waals surface area contributed by atoms with E-state index < -0.39 is 0 Å². The quantitative estimate of drug-likeness (QED) is 0.770. The maximum absolute atomic E-state index is 11.3. The lowest BCUT2D eigenvalue weighted by molar-refractivity contribution is -0.148. The van der Waals surface area contributed by atoms with Crippen molar-refractivity contribution in [3.63, 3.8) is 0 Å². The molecule has 0 bridgehead atoms. The second kappa shape index (κ2) is 5.39. The molecule has 0 saturated heterocycles. The average Bonchev–Trinajstić information content (AvgIpc) is 2.26. The zero-order chi connectivity index (χ0) is 11.3. The van der Waals surface area contributed by atoms with Crippen LogP contribution in [0.25, 0.3) is 0 Å². The summed E-state index contributed by atoms with van der Waals surface area (Å²) in [6.45, 7) is 3.98. The van der Waals surface area contributed by atoms with E-state index in [2.05, 4.69) is 5.32 Å². The number of benzene rings is 1. The van der Waals surface area contributed by atoms with E-state index in [1.165, 1.54) is 0 Å². The first kappa shape index (κ1) is 11.6. The van der Waals surface area contributed by atoms with Gasteiger partial charge in [-0.2, -0.15) is 0 Å². The second-order valence-corrected chi connectivity index (χ2v) is 3.67. The van der Waals surface area contributed by atoms with Crippen LogP contribution in [0.4, 0.5) is 5.69 Å². The Morgan fingerprint density at radius 2 is 2.07 bits per heavy atom. The van der Waals surface area contributed by atoms with Crippen LogP contribution in [0.2, 0.25) is 0 Å². The fourth-order valence-corrected chi connectivity index (χ4v) is 1.21. The molecule has 1 N–H and O–H groups in total. The van der Waals surface area contributed by atoms with Gasteiger partial charge in [-0.3, -0.25) is 4.79 Å². The number of ether oxygens (including phenoxy) is 1. The van der Waals surface area contributed by atoms with Crippen LogP contribution in [-0.4, -0.2) is 13.0 Å². The molecule has 0 saturated carbocycles. The summed E-state index contributed by atoms with van der Waals surface area (Å²) in [7, 11) is 1.85. The second-order valence-electron chi connectivity index (χ2n) is 3.67. The molecule has 1 rings (SSSR count). The predicted octanol–water partition coefficient (Wildman–Crippen LogP) is 2.43. The Morgan fingerprint density at radius 3 is 2.67 bits per heavy atom. The topological polar surface area (TPSA) is 38.3 Å². The number of anilines is 1. The minimum Gasteiger partial charge on any atom is -0.461 e. The molecule has 0 unspecified atom stereocenters. The van der Waals surface area contributed by atoms with Gasteiger partial charge in [0.15, 0.2) is 0 Å². The summed E-state index contributed by atoms with van der Waals surface area (Å²) in [5, 5.41) is 3.06. The molecule has 0 spiro atoms. The van der Waals surface area contributed by atoms with E-state index in [1.54, 1.807) is 0 Å². The molecular weight excluding hydrogens is 190 g/mol. The van der Waals surface area contributed by atoms with E-state index in [0.29, 0.717) is 6.61 Å². The van der Waals surface area contributed by atoms with Crippen molar-refractivity contribution in [1.29, 1.82) is 0 Å². The van der Waals surface area contributed by atoms with Crippen molar-refractivity contribution in [3.05, 3.63) is 29.8 Å². The lowest BCUT2D eigenvalue weighted by Gasteiger charge is -2.10. The Hall–Kier alpha value is -1.51. The Kier molecular flexibility index (Phi) is 4.16. The summed E-state index contributed by atoms with van der Waals surface area (Å²) in [5.74, 6) is -0.243. The minimum atomic E-state index is -0.166. The lowest BCUT2D eigenvalue weighted by Crippen LogP contribution is -2.11. The third kappa shape index (κ3) is 3.27. The molecule has 0 aromatic heterocycles. The van der Waals surface area contributed by atoms with Gasteiger partial charge >= 0.3 is 5.97 Å². The first-order valence-electron chi connectivity index (χ1n) is 5.07. The smallest absolute Gasteiger partial charge is 0.308 e. The molecule has 0 amide bonds. The van der Waals surface area contributed by atoms with E-state index in [-0.39, 0.29) is 11.9 Å². The molecule has 1 aromatic rings. The fraction of sp³-hybridized carbons (Fsp3) is 0.417.